The van der Waals surface area contributed by atoms with Crippen LogP contribution in [0.2, 0.25) is 0 Å². The van der Waals surface area contributed by atoms with Crippen molar-refractivity contribution in [2.24, 2.45) is 0 Å². The molecule has 0 radical (unpaired) electrons. The van der Waals surface area contributed by atoms with Gasteiger partial charge in [0.15, 0.2) is 0 Å². The summed E-state index contributed by atoms with van der Waals surface area (Å²) in [7, 11) is 0. The van der Waals surface area contributed by atoms with Gasteiger partial charge in [-0.3, -0.25) is 4.79 Å². The summed E-state index contributed by atoms with van der Waals surface area (Å²) in [6.07, 6.45) is 3.17. The first-order chi connectivity index (χ1) is 7.91. The van der Waals surface area contributed by atoms with Gasteiger partial charge in [0.2, 0.25) is 0 Å². The standard InChI is InChI=1S/C13H15BrFNO/c1-8-6-9(10(14)7-11(8)15)12(17)16-13(2)4-3-5-13/h6-7H,3-5H2,1-2H3,(H,16,17). The predicted octanol–water partition coefficient (Wildman–Crippen LogP) is 3.57. The van der Waals surface area contributed by atoms with E-state index < -0.39 is 0 Å². The minimum Gasteiger partial charge on any atom is -0.347 e. The highest BCUT2D eigenvalue weighted by Gasteiger charge is 2.33. The average Bonchev–Trinajstić information content (AvgIpc) is 2.21. The van der Waals surface area contributed by atoms with Crippen molar-refractivity contribution >= 4 is 21.8 Å². The highest BCUT2D eigenvalue weighted by atomic mass is 79.9. The van der Waals surface area contributed by atoms with Gasteiger partial charge in [-0.1, -0.05) is 0 Å². The Labute approximate surface area is 109 Å². The lowest BCUT2D eigenvalue weighted by molar-refractivity contribution is 0.0849. The van der Waals surface area contributed by atoms with Gasteiger partial charge in [0.25, 0.3) is 5.91 Å². The summed E-state index contributed by atoms with van der Waals surface area (Å²) >= 11 is 3.23. The summed E-state index contributed by atoms with van der Waals surface area (Å²) in [6, 6.07) is 2.92. The van der Waals surface area contributed by atoms with Crippen molar-refractivity contribution in [3.05, 3.63) is 33.5 Å². The molecule has 17 heavy (non-hydrogen) atoms. The molecule has 0 heterocycles. The van der Waals surface area contributed by atoms with E-state index in [-0.39, 0.29) is 17.3 Å². The van der Waals surface area contributed by atoms with Crippen LogP contribution in [-0.4, -0.2) is 11.4 Å². The maximum atomic E-state index is 13.3. The third kappa shape index (κ3) is 2.51. The molecule has 1 aliphatic carbocycles. The molecule has 2 rings (SSSR count). The minimum atomic E-state index is -0.303. The first-order valence-electron chi connectivity index (χ1n) is 5.69. The van der Waals surface area contributed by atoms with E-state index in [2.05, 4.69) is 21.2 Å². The van der Waals surface area contributed by atoms with Crippen LogP contribution in [0.25, 0.3) is 0 Å². The van der Waals surface area contributed by atoms with Crippen LogP contribution >= 0.6 is 15.9 Å². The van der Waals surface area contributed by atoms with E-state index in [1.807, 2.05) is 6.92 Å². The highest BCUT2D eigenvalue weighted by molar-refractivity contribution is 9.10. The molecule has 1 aliphatic rings. The van der Waals surface area contributed by atoms with Gasteiger partial charge in [-0.05, 0) is 66.7 Å². The number of hydrogen-bond acceptors (Lipinski definition) is 1. The fraction of sp³-hybridized carbons (Fsp3) is 0.462. The lowest BCUT2D eigenvalue weighted by Crippen LogP contribution is -2.51. The van der Waals surface area contributed by atoms with Crippen LogP contribution in [0.1, 0.15) is 42.1 Å². The number of hydrogen-bond donors (Lipinski definition) is 1. The molecular formula is C13H15BrFNO. The zero-order chi connectivity index (χ0) is 12.6. The normalized spacial score (nSPS) is 17.4. The van der Waals surface area contributed by atoms with Crippen molar-refractivity contribution in [2.75, 3.05) is 0 Å². The number of carbonyl (C=O) groups excluding carboxylic acids is 1. The number of aryl methyl sites for hydroxylation is 1. The molecule has 1 fully saturated rings. The highest BCUT2D eigenvalue weighted by Crippen LogP contribution is 2.32. The molecule has 0 saturated heterocycles. The van der Waals surface area contributed by atoms with Gasteiger partial charge < -0.3 is 5.32 Å². The maximum Gasteiger partial charge on any atom is 0.252 e. The fourth-order valence-corrected chi connectivity index (χ4v) is 2.50. The number of nitrogens with one attached hydrogen (secondary N) is 1. The molecule has 0 spiro atoms. The number of rotatable bonds is 2. The summed E-state index contributed by atoms with van der Waals surface area (Å²) < 4.78 is 13.8. The van der Waals surface area contributed by atoms with Crippen LogP contribution in [0.15, 0.2) is 16.6 Å². The Bertz CT molecular complexity index is 469. The molecule has 4 heteroatoms. The molecule has 1 aromatic carbocycles. The van der Waals surface area contributed by atoms with Crippen molar-refractivity contribution in [3.63, 3.8) is 0 Å². The first-order valence-corrected chi connectivity index (χ1v) is 6.49. The quantitative estimate of drug-likeness (QED) is 0.889. The van der Waals surface area contributed by atoms with Gasteiger partial charge in [0.1, 0.15) is 5.82 Å². The summed E-state index contributed by atoms with van der Waals surface area (Å²) in [6.45, 7) is 3.70. The van der Waals surface area contributed by atoms with E-state index in [0.717, 1.165) is 19.3 Å². The molecule has 0 bridgehead atoms. The SMILES string of the molecule is Cc1cc(C(=O)NC2(C)CCC2)c(Br)cc1F. The van der Waals surface area contributed by atoms with Crippen LogP contribution < -0.4 is 5.32 Å². The Morgan fingerprint density at radius 3 is 2.65 bits per heavy atom. The van der Waals surface area contributed by atoms with Crippen LogP contribution in [0, 0.1) is 12.7 Å². The summed E-state index contributed by atoms with van der Waals surface area (Å²) in [5.41, 5.74) is 0.896. The van der Waals surface area contributed by atoms with Gasteiger partial charge >= 0.3 is 0 Å². The fourth-order valence-electron chi connectivity index (χ4n) is 2.00. The van der Waals surface area contributed by atoms with Crippen molar-refractivity contribution in [1.82, 2.24) is 5.32 Å². The second-order valence-corrected chi connectivity index (χ2v) is 5.80. The molecule has 1 N–H and O–H groups in total. The van der Waals surface area contributed by atoms with Crippen LogP contribution in [0.4, 0.5) is 4.39 Å². The largest absolute Gasteiger partial charge is 0.347 e. The number of amides is 1. The summed E-state index contributed by atoms with van der Waals surface area (Å²) in [5, 5.41) is 3.01. The minimum absolute atomic E-state index is 0.0845. The smallest absolute Gasteiger partial charge is 0.252 e. The molecule has 1 amide bonds. The van der Waals surface area contributed by atoms with Gasteiger partial charge in [-0.25, -0.2) is 4.39 Å². The van der Waals surface area contributed by atoms with Gasteiger partial charge in [0, 0.05) is 10.0 Å². The molecule has 2 nitrogen and oxygen atoms in total. The molecule has 0 atom stereocenters. The van der Waals surface area contributed by atoms with Crippen molar-refractivity contribution < 1.29 is 9.18 Å². The number of halogens is 2. The molecule has 1 aromatic rings. The maximum absolute atomic E-state index is 13.3. The monoisotopic (exact) mass is 299 g/mol. The Morgan fingerprint density at radius 2 is 2.12 bits per heavy atom. The molecule has 92 valence electrons. The van der Waals surface area contributed by atoms with Crippen LogP contribution in [-0.2, 0) is 0 Å². The Kier molecular flexibility index (Phi) is 3.25. The van der Waals surface area contributed by atoms with E-state index >= 15 is 0 Å². The Hall–Kier alpha value is -0.900. The third-order valence-electron chi connectivity index (χ3n) is 3.37. The Morgan fingerprint density at radius 1 is 1.47 bits per heavy atom. The lowest BCUT2D eigenvalue weighted by Gasteiger charge is -2.39. The van der Waals surface area contributed by atoms with Gasteiger partial charge in [-0.2, -0.15) is 0 Å². The average molecular weight is 300 g/mol. The molecule has 0 aliphatic heterocycles. The van der Waals surface area contributed by atoms with Crippen LogP contribution in [0.3, 0.4) is 0 Å². The Balaban J connectivity index is 2.22. The van der Waals surface area contributed by atoms with E-state index in [9.17, 15) is 9.18 Å². The third-order valence-corrected chi connectivity index (χ3v) is 4.02. The topological polar surface area (TPSA) is 29.1 Å². The summed E-state index contributed by atoms with van der Waals surface area (Å²) in [5.74, 6) is -0.439. The molecule has 1 saturated carbocycles. The van der Waals surface area contributed by atoms with Gasteiger partial charge in [0.05, 0.1) is 5.56 Å². The molecular weight excluding hydrogens is 285 g/mol. The second-order valence-electron chi connectivity index (χ2n) is 4.95. The van der Waals surface area contributed by atoms with Crippen molar-refractivity contribution in [2.45, 2.75) is 38.6 Å². The van der Waals surface area contributed by atoms with Crippen molar-refractivity contribution in [3.8, 4) is 0 Å². The lowest BCUT2D eigenvalue weighted by atomic mass is 9.78. The van der Waals surface area contributed by atoms with E-state index in [0.29, 0.717) is 15.6 Å². The molecule has 0 unspecified atom stereocenters. The van der Waals surface area contributed by atoms with Crippen LogP contribution in [0.5, 0.6) is 0 Å². The number of benzene rings is 1. The zero-order valence-electron chi connectivity index (χ0n) is 9.94. The van der Waals surface area contributed by atoms with E-state index in [4.69, 9.17) is 0 Å². The zero-order valence-corrected chi connectivity index (χ0v) is 11.5. The number of carbonyl (C=O) groups is 1. The van der Waals surface area contributed by atoms with E-state index in [1.165, 1.54) is 6.07 Å². The second kappa shape index (κ2) is 4.41. The van der Waals surface area contributed by atoms with E-state index in [1.54, 1.807) is 13.0 Å². The first kappa shape index (κ1) is 12.6. The molecule has 0 aromatic heterocycles. The van der Waals surface area contributed by atoms with Gasteiger partial charge in [-0.15, -0.1) is 0 Å². The summed E-state index contributed by atoms with van der Waals surface area (Å²) in [4.78, 5) is 12.1. The van der Waals surface area contributed by atoms with Crippen molar-refractivity contribution in [1.29, 1.82) is 0 Å². The predicted molar refractivity (Wildman–Crippen MR) is 68.6 cm³/mol.